The number of nitrogens with two attached hydrogens (primary N) is 1. The van der Waals surface area contributed by atoms with Crippen LogP contribution in [0.15, 0.2) is 35.7 Å². The third-order valence-corrected chi connectivity index (χ3v) is 6.62. The third-order valence-electron chi connectivity index (χ3n) is 5.64. The number of hydrogen-bond acceptors (Lipinski definition) is 8. The predicted molar refractivity (Wildman–Crippen MR) is 117 cm³/mol. The van der Waals surface area contributed by atoms with Gasteiger partial charge in [-0.3, -0.25) is 9.69 Å². The number of hydrogen-bond donors (Lipinski definition) is 3. The topological polar surface area (TPSA) is 126 Å². The molecule has 158 valence electrons. The van der Waals surface area contributed by atoms with E-state index < -0.39 is 11.6 Å². The smallest absolute Gasteiger partial charge is 0.325 e. The van der Waals surface area contributed by atoms with Gasteiger partial charge >= 0.3 is 6.03 Å². The maximum atomic E-state index is 13.4. The van der Waals surface area contributed by atoms with Gasteiger partial charge in [-0.05, 0) is 49.8 Å². The van der Waals surface area contributed by atoms with E-state index in [2.05, 4.69) is 25.6 Å². The molecule has 3 aromatic rings. The molecule has 1 fully saturated rings. The number of anilines is 3. The summed E-state index contributed by atoms with van der Waals surface area (Å²) in [5.41, 5.74) is 7.70. The van der Waals surface area contributed by atoms with E-state index in [0.29, 0.717) is 6.42 Å². The number of urea groups is 1. The summed E-state index contributed by atoms with van der Waals surface area (Å²) in [5.74, 6) is 0.234. The lowest BCUT2D eigenvalue weighted by atomic mass is 9.80. The highest BCUT2D eigenvalue weighted by atomic mass is 32.1. The Balaban J connectivity index is 1.40. The highest BCUT2D eigenvalue weighted by molar-refractivity contribution is 7.10. The van der Waals surface area contributed by atoms with E-state index in [1.54, 1.807) is 11.3 Å². The van der Waals surface area contributed by atoms with Gasteiger partial charge in [0.15, 0.2) is 5.82 Å². The van der Waals surface area contributed by atoms with Crippen LogP contribution in [0.25, 0.3) is 0 Å². The van der Waals surface area contributed by atoms with E-state index in [1.807, 2.05) is 42.6 Å². The second kappa shape index (κ2) is 7.31. The number of nitrogens with one attached hydrogen (secondary N) is 2. The van der Waals surface area contributed by atoms with Crippen molar-refractivity contribution < 1.29 is 9.59 Å². The lowest BCUT2D eigenvalue weighted by Gasteiger charge is -2.31. The SMILES string of the molecule is Cc1ccc(Nc2nc(N)nc(CN3C(=O)N[C@]4(CCCc5sccc54)C3=O)n2)cc1. The monoisotopic (exact) mass is 435 g/mol. The molecule has 31 heavy (non-hydrogen) atoms. The zero-order valence-electron chi connectivity index (χ0n) is 16.9. The van der Waals surface area contributed by atoms with Crippen LogP contribution in [0, 0.1) is 6.92 Å². The average molecular weight is 436 g/mol. The minimum atomic E-state index is -0.994. The van der Waals surface area contributed by atoms with Crippen LogP contribution >= 0.6 is 11.3 Å². The Morgan fingerprint density at radius 2 is 2.00 bits per heavy atom. The van der Waals surface area contributed by atoms with Crippen molar-refractivity contribution in [1.29, 1.82) is 0 Å². The summed E-state index contributed by atoms with van der Waals surface area (Å²) in [4.78, 5) is 41.1. The normalized spacial score (nSPS) is 20.1. The van der Waals surface area contributed by atoms with Crippen LogP contribution < -0.4 is 16.4 Å². The Bertz CT molecular complexity index is 1180. The van der Waals surface area contributed by atoms with Gasteiger partial charge in [0.1, 0.15) is 5.54 Å². The van der Waals surface area contributed by atoms with E-state index in [-0.39, 0.29) is 30.2 Å². The van der Waals surface area contributed by atoms with Crippen LogP contribution in [0.4, 0.5) is 22.4 Å². The highest BCUT2D eigenvalue weighted by Crippen LogP contribution is 2.42. The van der Waals surface area contributed by atoms with Gasteiger partial charge in [0.25, 0.3) is 5.91 Å². The third kappa shape index (κ3) is 3.38. The predicted octanol–water partition coefficient (Wildman–Crippen LogP) is 2.85. The summed E-state index contributed by atoms with van der Waals surface area (Å²) in [5, 5.41) is 7.98. The first-order chi connectivity index (χ1) is 14.9. The Labute approximate surface area is 182 Å². The molecule has 0 radical (unpaired) electrons. The van der Waals surface area contributed by atoms with Crippen molar-refractivity contribution in [1.82, 2.24) is 25.2 Å². The Hall–Kier alpha value is -3.53. The van der Waals surface area contributed by atoms with Crippen LogP contribution in [-0.2, 0) is 23.3 Å². The number of aryl methyl sites for hydroxylation is 2. The fraction of sp³-hybridized carbons (Fsp3) is 0.286. The maximum absolute atomic E-state index is 13.4. The highest BCUT2D eigenvalue weighted by Gasteiger charge is 2.54. The molecule has 1 aromatic carbocycles. The Morgan fingerprint density at radius 1 is 1.19 bits per heavy atom. The van der Waals surface area contributed by atoms with Crippen molar-refractivity contribution in [2.24, 2.45) is 0 Å². The molecular formula is C21H21N7O2S. The molecule has 1 aliphatic heterocycles. The molecule has 10 heteroatoms. The van der Waals surface area contributed by atoms with Crippen LogP contribution in [0.5, 0.6) is 0 Å². The molecular weight excluding hydrogens is 414 g/mol. The molecule has 0 saturated carbocycles. The minimum absolute atomic E-state index is 0.0131. The lowest BCUT2D eigenvalue weighted by molar-refractivity contribution is -0.132. The minimum Gasteiger partial charge on any atom is -0.368 e. The first-order valence-corrected chi connectivity index (χ1v) is 10.9. The standard InChI is InChI=1S/C21H21N7O2S/c1-12-4-6-13(7-5-12)23-19-25-16(24-18(22)26-19)11-28-17(29)21(27-20(28)30)9-2-3-15-14(21)8-10-31-15/h4-8,10H,2-3,9,11H2,1H3,(H,27,30)(H3,22,23,24,25,26)/t21-/m0/s1. The van der Waals surface area contributed by atoms with Gasteiger partial charge in [0.2, 0.25) is 11.9 Å². The lowest BCUT2D eigenvalue weighted by Crippen LogP contribution is -2.46. The number of thiophene rings is 1. The van der Waals surface area contributed by atoms with Gasteiger partial charge in [0.05, 0.1) is 6.54 Å². The molecule has 3 heterocycles. The van der Waals surface area contributed by atoms with E-state index in [1.165, 1.54) is 0 Å². The van der Waals surface area contributed by atoms with Crippen molar-refractivity contribution in [3.8, 4) is 0 Å². The van der Waals surface area contributed by atoms with Crippen molar-refractivity contribution in [3.63, 3.8) is 0 Å². The largest absolute Gasteiger partial charge is 0.368 e. The van der Waals surface area contributed by atoms with Gasteiger partial charge in [-0.2, -0.15) is 15.0 Å². The summed E-state index contributed by atoms with van der Waals surface area (Å²) in [7, 11) is 0. The average Bonchev–Trinajstić information content (AvgIpc) is 3.30. The number of rotatable bonds is 4. The zero-order valence-corrected chi connectivity index (χ0v) is 17.7. The molecule has 2 aliphatic rings. The number of amides is 3. The number of nitrogens with zero attached hydrogens (tertiary/aromatic N) is 4. The molecule has 0 unspecified atom stereocenters. The van der Waals surface area contributed by atoms with Crippen molar-refractivity contribution in [3.05, 3.63) is 57.5 Å². The second-order valence-corrected chi connectivity index (χ2v) is 8.76. The first-order valence-electron chi connectivity index (χ1n) is 10.00. The molecule has 3 amide bonds. The van der Waals surface area contributed by atoms with E-state index in [4.69, 9.17) is 5.73 Å². The summed E-state index contributed by atoms with van der Waals surface area (Å²) < 4.78 is 0. The van der Waals surface area contributed by atoms with E-state index >= 15 is 0 Å². The first kappa shape index (κ1) is 19.4. The number of nitrogen functional groups attached to an aromatic ring is 1. The second-order valence-electron chi connectivity index (χ2n) is 7.76. The fourth-order valence-electron chi connectivity index (χ4n) is 4.16. The number of carbonyl (C=O) groups excluding carboxylic acids is 2. The quantitative estimate of drug-likeness (QED) is 0.538. The van der Waals surface area contributed by atoms with Crippen molar-refractivity contribution in [2.75, 3.05) is 11.1 Å². The van der Waals surface area contributed by atoms with Gasteiger partial charge in [-0.1, -0.05) is 17.7 Å². The van der Waals surface area contributed by atoms with Crippen molar-refractivity contribution >= 4 is 40.9 Å². The Morgan fingerprint density at radius 3 is 2.81 bits per heavy atom. The fourth-order valence-corrected chi connectivity index (χ4v) is 5.16. The molecule has 1 aliphatic carbocycles. The van der Waals surface area contributed by atoms with Crippen molar-refractivity contribution in [2.45, 2.75) is 38.3 Å². The molecule has 1 spiro atoms. The molecule has 9 nitrogen and oxygen atoms in total. The van der Waals surface area contributed by atoms with Crippen LogP contribution in [0.1, 0.15) is 34.7 Å². The van der Waals surface area contributed by atoms with Gasteiger partial charge in [0, 0.05) is 16.1 Å². The molecule has 2 aromatic heterocycles. The van der Waals surface area contributed by atoms with Crippen LogP contribution in [0.3, 0.4) is 0 Å². The molecule has 1 atom stereocenters. The van der Waals surface area contributed by atoms with Crippen LogP contribution in [-0.4, -0.2) is 31.8 Å². The Kier molecular flexibility index (Phi) is 4.58. The van der Waals surface area contributed by atoms with Gasteiger partial charge in [-0.25, -0.2) is 4.79 Å². The number of fused-ring (bicyclic) bond motifs is 2. The molecule has 0 bridgehead atoms. The summed E-state index contributed by atoms with van der Waals surface area (Å²) >= 11 is 1.62. The number of carbonyl (C=O) groups is 2. The van der Waals surface area contributed by atoms with Gasteiger partial charge < -0.3 is 16.4 Å². The summed E-state index contributed by atoms with van der Waals surface area (Å²) in [6, 6.07) is 9.21. The molecule has 1 saturated heterocycles. The molecule has 5 rings (SSSR count). The summed E-state index contributed by atoms with van der Waals surface area (Å²) in [6.45, 7) is 1.92. The van der Waals surface area contributed by atoms with Gasteiger partial charge in [-0.15, -0.1) is 11.3 Å². The van der Waals surface area contributed by atoms with E-state index in [9.17, 15) is 9.59 Å². The molecule has 4 N–H and O–H groups in total. The van der Waals surface area contributed by atoms with Crippen LogP contribution in [0.2, 0.25) is 0 Å². The maximum Gasteiger partial charge on any atom is 0.325 e. The van der Waals surface area contributed by atoms with E-state index in [0.717, 1.165) is 39.4 Å². The number of aromatic nitrogens is 3. The number of benzene rings is 1. The zero-order chi connectivity index (χ0) is 21.6. The summed E-state index contributed by atoms with van der Waals surface area (Å²) in [6.07, 6.45) is 2.35. The number of imide groups is 1.